The number of carbonyl (C=O) groups is 1. The fourth-order valence-corrected chi connectivity index (χ4v) is 5.48. The lowest BCUT2D eigenvalue weighted by atomic mass is 9.99. The standard InChI is InChI=1S/C21H31N3O3S/c25-21(23-28(26)14-2-1-9-24-10-12-27-13-11-24)22-20-18-7-3-5-16(18)15-17-6-4-8-19(17)20/h15H,1-14H2,(H2,22,23,25). The fraction of sp³-hybridized carbons (Fsp3) is 0.667. The summed E-state index contributed by atoms with van der Waals surface area (Å²) in [5, 5.41) is 3.05. The Labute approximate surface area is 170 Å². The van der Waals surface area contributed by atoms with Crippen LogP contribution in [0.5, 0.6) is 0 Å². The number of nitrogens with zero attached hydrogens (tertiary/aromatic N) is 1. The number of hydrogen-bond acceptors (Lipinski definition) is 4. The maximum Gasteiger partial charge on any atom is 0.360 e. The molecular formula is C21H31N3O3S. The molecular weight excluding hydrogens is 374 g/mol. The van der Waals surface area contributed by atoms with Gasteiger partial charge in [-0.05, 0) is 80.2 Å². The van der Waals surface area contributed by atoms with E-state index in [1.807, 2.05) is 0 Å². The molecule has 1 fully saturated rings. The quantitative estimate of drug-likeness (QED) is 0.540. The Morgan fingerprint density at radius 2 is 1.75 bits per heavy atom. The first kappa shape index (κ1) is 20.0. The number of amides is 2. The number of nitrogens with one attached hydrogen (secondary N) is 2. The van der Waals surface area contributed by atoms with Crippen molar-refractivity contribution in [3.63, 3.8) is 0 Å². The van der Waals surface area contributed by atoms with E-state index in [1.165, 1.54) is 22.3 Å². The van der Waals surface area contributed by atoms with Gasteiger partial charge in [0, 0.05) is 18.8 Å². The molecule has 2 amide bonds. The molecule has 154 valence electrons. The summed E-state index contributed by atoms with van der Waals surface area (Å²) >= 11 is -1.33. The largest absolute Gasteiger partial charge is 0.593 e. The number of urea groups is 1. The van der Waals surface area contributed by atoms with E-state index < -0.39 is 11.4 Å². The van der Waals surface area contributed by atoms with Crippen molar-refractivity contribution in [2.75, 3.05) is 43.9 Å². The van der Waals surface area contributed by atoms with Gasteiger partial charge in [-0.2, -0.15) is 4.72 Å². The first-order valence-electron chi connectivity index (χ1n) is 10.6. The Hall–Kier alpha value is -1.28. The van der Waals surface area contributed by atoms with Crippen molar-refractivity contribution in [2.45, 2.75) is 51.4 Å². The van der Waals surface area contributed by atoms with Crippen LogP contribution < -0.4 is 10.0 Å². The van der Waals surface area contributed by atoms with Gasteiger partial charge >= 0.3 is 6.03 Å². The topological polar surface area (TPSA) is 76.7 Å². The zero-order valence-corrected chi connectivity index (χ0v) is 17.4. The highest BCUT2D eigenvalue weighted by molar-refractivity contribution is 7.90. The fourth-order valence-electron chi connectivity index (χ4n) is 4.65. The zero-order valence-electron chi connectivity index (χ0n) is 16.6. The first-order valence-corrected chi connectivity index (χ1v) is 12.0. The minimum absolute atomic E-state index is 0.332. The monoisotopic (exact) mass is 405 g/mol. The predicted octanol–water partition coefficient (Wildman–Crippen LogP) is 2.56. The molecule has 28 heavy (non-hydrogen) atoms. The summed E-state index contributed by atoms with van der Waals surface area (Å²) in [7, 11) is 0. The number of anilines is 1. The van der Waals surface area contributed by atoms with Crippen molar-refractivity contribution in [3.05, 3.63) is 28.3 Å². The van der Waals surface area contributed by atoms with Crippen LogP contribution in [0.3, 0.4) is 0 Å². The van der Waals surface area contributed by atoms with E-state index in [2.05, 4.69) is 21.0 Å². The molecule has 6 nitrogen and oxygen atoms in total. The Balaban J connectivity index is 1.24. The van der Waals surface area contributed by atoms with Gasteiger partial charge in [0.2, 0.25) is 0 Å². The van der Waals surface area contributed by atoms with Crippen LogP contribution >= 0.6 is 0 Å². The van der Waals surface area contributed by atoms with E-state index in [9.17, 15) is 9.35 Å². The lowest BCUT2D eigenvalue weighted by Crippen LogP contribution is -2.38. The van der Waals surface area contributed by atoms with Crippen molar-refractivity contribution in [1.82, 2.24) is 9.62 Å². The van der Waals surface area contributed by atoms with E-state index in [4.69, 9.17) is 4.74 Å². The van der Waals surface area contributed by atoms with Crippen LogP contribution in [0.4, 0.5) is 10.5 Å². The number of carbonyl (C=O) groups excluding carboxylic acids is 1. The Morgan fingerprint density at radius 1 is 1.07 bits per heavy atom. The molecule has 0 bridgehead atoms. The van der Waals surface area contributed by atoms with Crippen molar-refractivity contribution in [2.24, 2.45) is 0 Å². The smallest absolute Gasteiger partial charge is 0.360 e. The second-order valence-corrected chi connectivity index (χ2v) is 9.30. The number of hydrogen-bond donors (Lipinski definition) is 2. The van der Waals surface area contributed by atoms with E-state index in [0.29, 0.717) is 5.75 Å². The molecule has 1 heterocycles. The average molecular weight is 406 g/mol. The molecule has 0 saturated carbocycles. The summed E-state index contributed by atoms with van der Waals surface area (Å²) in [6, 6.07) is 2.02. The van der Waals surface area contributed by atoms with Gasteiger partial charge in [-0.1, -0.05) is 6.07 Å². The summed E-state index contributed by atoms with van der Waals surface area (Å²) in [6.45, 7) is 4.58. The molecule has 0 aromatic heterocycles. The molecule has 1 aromatic rings. The van der Waals surface area contributed by atoms with Crippen LogP contribution in [-0.2, 0) is 41.8 Å². The lowest BCUT2D eigenvalue weighted by Gasteiger charge is -2.26. The predicted molar refractivity (Wildman–Crippen MR) is 112 cm³/mol. The SMILES string of the molecule is O=C(Nc1c2c(cc3c1CCC3)CCC2)N[S+]([O-])CCCCN1CCOCC1. The second kappa shape index (κ2) is 9.48. The van der Waals surface area contributed by atoms with Gasteiger partial charge in [-0.3, -0.25) is 4.90 Å². The first-order chi connectivity index (χ1) is 13.7. The summed E-state index contributed by atoms with van der Waals surface area (Å²) in [5.74, 6) is 0.503. The van der Waals surface area contributed by atoms with Crippen molar-refractivity contribution < 1.29 is 14.1 Å². The maximum atomic E-state index is 12.5. The van der Waals surface area contributed by atoms with E-state index in [1.54, 1.807) is 0 Å². The van der Waals surface area contributed by atoms with Crippen LogP contribution in [0, 0.1) is 0 Å². The minimum Gasteiger partial charge on any atom is -0.593 e. The number of ether oxygens (including phenoxy) is 1. The number of rotatable bonds is 7. The summed E-state index contributed by atoms with van der Waals surface area (Å²) < 4.78 is 20.3. The van der Waals surface area contributed by atoms with Gasteiger partial charge in [0.05, 0.1) is 24.6 Å². The molecule has 1 unspecified atom stereocenters. The van der Waals surface area contributed by atoms with Gasteiger partial charge in [0.15, 0.2) is 0 Å². The molecule has 2 aliphatic carbocycles. The Bertz CT molecular complexity index is 674. The molecule has 0 radical (unpaired) electrons. The van der Waals surface area contributed by atoms with Gasteiger partial charge in [0.1, 0.15) is 5.75 Å². The molecule has 4 rings (SSSR count). The number of morpholine rings is 1. The van der Waals surface area contributed by atoms with Gasteiger partial charge in [-0.25, -0.2) is 4.79 Å². The summed E-state index contributed by atoms with van der Waals surface area (Å²) in [6.07, 6.45) is 8.43. The molecule has 1 atom stereocenters. The number of aryl methyl sites for hydroxylation is 2. The summed E-state index contributed by atoms with van der Waals surface area (Å²) in [5.41, 5.74) is 6.38. The van der Waals surface area contributed by atoms with Gasteiger partial charge in [0.25, 0.3) is 0 Å². The van der Waals surface area contributed by atoms with E-state index in [-0.39, 0.29) is 6.03 Å². The maximum absolute atomic E-state index is 12.5. The summed E-state index contributed by atoms with van der Waals surface area (Å²) in [4.78, 5) is 14.8. The normalized spacial score (nSPS) is 19.9. The molecule has 1 aromatic carbocycles. The van der Waals surface area contributed by atoms with Crippen LogP contribution in [0.1, 0.15) is 47.9 Å². The van der Waals surface area contributed by atoms with E-state index in [0.717, 1.165) is 89.9 Å². The number of unbranched alkanes of at least 4 members (excludes halogenated alkanes) is 1. The third kappa shape index (κ3) is 4.82. The van der Waals surface area contributed by atoms with Gasteiger partial charge < -0.3 is 14.6 Å². The minimum atomic E-state index is -1.33. The number of fused-ring (bicyclic) bond motifs is 2. The molecule has 7 heteroatoms. The Kier molecular flexibility index (Phi) is 6.77. The third-order valence-corrected chi connectivity index (χ3v) is 7.15. The third-order valence-electron chi connectivity index (χ3n) is 6.08. The second-order valence-electron chi connectivity index (χ2n) is 8.00. The van der Waals surface area contributed by atoms with Crippen LogP contribution in [-0.4, -0.2) is 54.1 Å². The van der Waals surface area contributed by atoms with E-state index >= 15 is 0 Å². The van der Waals surface area contributed by atoms with Crippen molar-refractivity contribution >= 4 is 23.1 Å². The van der Waals surface area contributed by atoms with Crippen LogP contribution in [0.25, 0.3) is 0 Å². The van der Waals surface area contributed by atoms with Crippen LogP contribution in [0.2, 0.25) is 0 Å². The van der Waals surface area contributed by atoms with Gasteiger partial charge in [-0.15, -0.1) is 0 Å². The molecule has 3 aliphatic rings. The van der Waals surface area contributed by atoms with Crippen molar-refractivity contribution in [3.8, 4) is 0 Å². The highest BCUT2D eigenvalue weighted by Crippen LogP contribution is 2.38. The highest BCUT2D eigenvalue weighted by atomic mass is 32.2. The van der Waals surface area contributed by atoms with Crippen molar-refractivity contribution in [1.29, 1.82) is 0 Å². The Morgan fingerprint density at radius 3 is 2.43 bits per heavy atom. The number of benzene rings is 1. The molecule has 1 aliphatic heterocycles. The average Bonchev–Trinajstić information content (AvgIpc) is 3.35. The molecule has 1 saturated heterocycles. The molecule has 0 spiro atoms. The lowest BCUT2D eigenvalue weighted by molar-refractivity contribution is 0.0373. The zero-order chi connectivity index (χ0) is 19.3. The highest BCUT2D eigenvalue weighted by Gasteiger charge is 2.25. The molecule has 2 N–H and O–H groups in total. The van der Waals surface area contributed by atoms with Crippen LogP contribution in [0.15, 0.2) is 6.07 Å².